The van der Waals surface area contributed by atoms with Crippen molar-refractivity contribution in [3.8, 4) is 0 Å². The molecule has 3 heteroatoms. The van der Waals surface area contributed by atoms with Gasteiger partial charge in [0.15, 0.2) is 0 Å². The summed E-state index contributed by atoms with van der Waals surface area (Å²) in [5.41, 5.74) is 2.13. The molecule has 0 aliphatic heterocycles. The molecule has 1 N–H and O–H groups in total. The first kappa shape index (κ1) is 9.34. The molecule has 2 rings (SSSR count). The lowest BCUT2D eigenvalue weighted by Crippen LogP contribution is -1.73. The number of rotatable bonds is 3. The maximum Gasteiger partial charge on any atom is 0.137 e. The van der Waals surface area contributed by atoms with Crippen molar-refractivity contribution in [3.63, 3.8) is 0 Å². The van der Waals surface area contributed by atoms with Gasteiger partial charge in [0.05, 0.1) is 0 Å². The fraction of sp³-hybridized carbons (Fsp3) is 0.182. The van der Waals surface area contributed by atoms with Crippen molar-refractivity contribution in [2.45, 2.75) is 6.42 Å². The number of hydrogen-bond acceptors (Lipinski definition) is 2. The lowest BCUT2D eigenvalue weighted by molar-refractivity contribution is 1.26. The van der Waals surface area contributed by atoms with Gasteiger partial charge in [-0.2, -0.15) is 12.6 Å². The van der Waals surface area contributed by atoms with Gasteiger partial charge in [0.1, 0.15) is 5.65 Å². The Morgan fingerprint density at radius 3 is 3.29 bits per heavy atom. The number of aromatic amines is 1. The Bertz CT molecular complexity index is 445. The third-order valence-corrected chi connectivity index (χ3v) is 2.33. The first-order valence-electron chi connectivity index (χ1n) is 4.61. The summed E-state index contributed by atoms with van der Waals surface area (Å²) in [5, 5.41) is 1.17. The van der Waals surface area contributed by atoms with Gasteiger partial charge >= 0.3 is 0 Å². The quantitative estimate of drug-likeness (QED) is 0.739. The lowest BCUT2D eigenvalue weighted by atomic mass is 10.2. The summed E-state index contributed by atoms with van der Waals surface area (Å²) in [7, 11) is 0. The summed E-state index contributed by atoms with van der Waals surface area (Å²) in [4.78, 5) is 7.36. The molecule has 0 aromatic carbocycles. The van der Waals surface area contributed by atoms with Crippen LogP contribution in [0.5, 0.6) is 0 Å². The van der Waals surface area contributed by atoms with Crippen molar-refractivity contribution < 1.29 is 0 Å². The molecule has 0 amide bonds. The van der Waals surface area contributed by atoms with Gasteiger partial charge in [0, 0.05) is 23.3 Å². The van der Waals surface area contributed by atoms with Gasteiger partial charge < -0.3 is 4.98 Å². The molecule has 2 nitrogen and oxygen atoms in total. The molecule has 2 aromatic rings. The highest BCUT2D eigenvalue weighted by Gasteiger charge is 1.98. The van der Waals surface area contributed by atoms with Gasteiger partial charge in [0.25, 0.3) is 0 Å². The third kappa shape index (κ3) is 1.82. The summed E-state index contributed by atoms with van der Waals surface area (Å²) in [5.74, 6) is 0.886. The second-order valence-corrected chi connectivity index (χ2v) is 3.51. The van der Waals surface area contributed by atoms with Crippen molar-refractivity contribution in [1.29, 1.82) is 0 Å². The fourth-order valence-electron chi connectivity index (χ4n) is 1.40. The summed E-state index contributed by atoms with van der Waals surface area (Å²) < 4.78 is 0. The second-order valence-electron chi connectivity index (χ2n) is 3.06. The highest BCUT2D eigenvalue weighted by molar-refractivity contribution is 7.80. The monoisotopic (exact) mass is 204 g/mol. The lowest BCUT2D eigenvalue weighted by Gasteiger charge is -1.89. The molecule has 2 aromatic heterocycles. The van der Waals surface area contributed by atoms with E-state index in [0.29, 0.717) is 0 Å². The number of pyridine rings is 1. The van der Waals surface area contributed by atoms with Gasteiger partial charge in [-0.25, -0.2) is 4.98 Å². The summed E-state index contributed by atoms with van der Waals surface area (Å²) in [6, 6.07) is 4.02. The zero-order valence-electron chi connectivity index (χ0n) is 7.77. The van der Waals surface area contributed by atoms with Crippen LogP contribution in [0.1, 0.15) is 12.0 Å². The molecule has 0 atom stereocenters. The van der Waals surface area contributed by atoms with Crippen LogP contribution in [-0.4, -0.2) is 15.7 Å². The number of aromatic nitrogens is 2. The number of nitrogens with zero attached hydrogens (tertiary/aromatic N) is 1. The van der Waals surface area contributed by atoms with Crippen molar-refractivity contribution in [1.82, 2.24) is 9.97 Å². The van der Waals surface area contributed by atoms with E-state index in [2.05, 4.69) is 40.8 Å². The number of fused-ring (bicyclic) bond motifs is 1. The predicted octanol–water partition coefficient (Wildman–Crippen LogP) is 2.90. The number of H-pyrrole nitrogens is 1. The van der Waals surface area contributed by atoms with Crippen molar-refractivity contribution in [3.05, 3.63) is 36.2 Å². The molecule has 14 heavy (non-hydrogen) atoms. The highest BCUT2D eigenvalue weighted by Crippen LogP contribution is 2.16. The van der Waals surface area contributed by atoms with E-state index in [0.717, 1.165) is 17.8 Å². The average molecular weight is 204 g/mol. The molecule has 2 heterocycles. The minimum absolute atomic E-state index is 0.886. The van der Waals surface area contributed by atoms with Gasteiger partial charge in [-0.05, 0) is 24.3 Å². The second kappa shape index (κ2) is 4.33. The van der Waals surface area contributed by atoms with Crippen LogP contribution in [0.2, 0.25) is 0 Å². The van der Waals surface area contributed by atoms with Crippen molar-refractivity contribution in [2.24, 2.45) is 0 Å². The number of nitrogens with one attached hydrogen (secondary N) is 1. The molecule has 0 unspecified atom stereocenters. The number of hydrogen-bond donors (Lipinski definition) is 2. The maximum absolute atomic E-state index is 4.23. The molecular formula is C11H12N2S. The van der Waals surface area contributed by atoms with Crippen LogP contribution in [-0.2, 0) is 0 Å². The van der Waals surface area contributed by atoms with Gasteiger partial charge in [-0.3, -0.25) is 0 Å². The summed E-state index contributed by atoms with van der Waals surface area (Å²) in [6.07, 6.45) is 9.00. The standard InChI is InChI=1S/C11H12N2S/c14-7-2-1-4-9-8-13-11-10(9)5-3-6-12-11/h1,3-6,8,14H,2,7H2,(H,12,13). The highest BCUT2D eigenvalue weighted by atomic mass is 32.1. The summed E-state index contributed by atoms with van der Waals surface area (Å²) >= 11 is 4.15. The van der Waals surface area contributed by atoms with Gasteiger partial charge in [-0.1, -0.05) is 12.2 Å². The van der Waals surface area contributed by atoms with E-state index in [-0.39, 0.29) is 0 Å². The third-order valence-electron chi connectivity index (χ3n) is 2.08. The number of thiol groups is 1. The van der Waals surface area contributed by atoms with E-state index < -0.39 is 0 Å². The van der Waals surface area contributed by atoms with Crippen LogP contribution in [0, 0.1) is 0 Å². The molecule has 0 aliphatic rings. The molecule has 0 saturated carbocycles. The predicted molar refractivity (Wildman–Crippen MR) is 63.6 cm³/mol. The Hall–Kier alpha value is -1.22. The van der Waals surface area contributed by atoms with Crippen LogP contribution in [0.25, 0.3) is 17.1 Å². The van der Waals surface area contributed by atoms with Crippen LogP contribution in [0.3, 0.4) is 0 Å². The first-order chi connectivity index (χ1) is 6.92. The Kier molecular flexibility index (Phi) is 2.89. The molecule has 0 saturated heterocycles. The van der Waals surface area contributed by atoms with Crippen LogP contribution in [0.4, 0.5) is 0 Å². The van der Waals surface area contributed by atoms with E-state index in [1.807, 2.05) is 12.3 Å². The molecule has 0 radical (unpaired) electrons. The Labute approximate surface area is 88.5 Å². The smallest absolute Gasteiger partial charge is 0.137 e. The number of allylic oxidation sites excluding steroid dienone is 1. The molecule has 0 fully saturated rings. The Morgan fingerprint density at radius 1 is 1.50 bits per heavy atom. The van der Waals surface area contributed by atoms with E-state index in [1.165, 1.54) is 10.9 Å². The van der Waals surface area contributed by atoms with E-state index in [9.17, 15) is 0 Å². The largest absolute Gasteiger partial charge is 0.346 e. The minimum atomic E-state index is 0.886. The topological polar surface area (TPSA) is 28.7 Å². The van der Waals surface area contributed by atoms with Crippen LogP contribution in [0.15, 0.2) is 30.6 Å². The van der Waals surface area contributed by atoms with E-state index >= 15 is 0 Å². The van der Waals surface area contributed by atoms with Gasteiger partial charge in [0.2, 0.25) is 0 Å². The average Bonchev–Trinajstić information content (AvgIpc) is 2.63. The fourth-order valence-corrected chi connectivity index (χ4v) is 1.55. The van der Waals surface area contributed by atoms with Crippen molar-refractivity contribution in [2.75, 3.05) is 5.75 Å². The summed E-state index contributed by atoms with van der Waals surface area (Å²) in [6.45, 7) is 0. The van der Waals surface area contributed by atoms with Crippen LogP contribution < -0.4 is 0 Å². The molecule has 0 aliphatic carbocycles. The normalized spacial score (nSPS) is 11.5. The minimum Gasteiger partial charge on any atom is -0.346 e. The zero-order chi connectivity index (χ0) is 9.80. The Morgan fingerprint density at radius 2 is 2.43 bits per heavy atom. The maximum atomic E-state index is 4.23. The first-order valence-corrected chi connectivity index (χ1v) is 5.24. The zero-order valence-corrected chi connectivity index (χ0v) is 8.67. The van der Waals surface area contributed by atoms with E-state index in [4.69, 9.17) is 0 Å². The molecule has 72 valence electrons. The SMILES string of the molecule is SCCC=Cc1c[nH]c2ncccc12. The molecular weight excluding hydrogens is 192 g/mol. The van der Waals surface area contributed by atoms with Gasteiger partial charge in [-0.15, -0.1) is 0 Å². The van der Waals surface area contributed by atoms with E-state index in [1.54, 1.807) is 6.20 Å². The Balaban J connectivity index is 2.34. The van der Waals surface area contributed by atoms with Crippen molar-refractivity contribution >= 4 is 29.7 Å². The molecule has 0 spiro atoms. The van der Waals surface area contributed by atoms with Crippen LogP contribution >= 0.6 is 12.6 Å². The molecule has 0 bridgehead atoms.